The molecule has 0 aliphatic carbocycles. The average Bonchev–Trinajstić information content (AvgIpc) is 2.49. The van der Waals surface area contributed by atoms with E-state index in [1.165, 1.54) is 6.07 Å². The van der Waals surface area contributed by atoms with Crippen LogP contribution in [0.4, 0.5) is 4.39 Å². The van der Waals surface area contributed by atoms with Crippen molar-refractivity contribution >= 4 is 5.96 Å². The first-order chi connectivity index (χ1) is 10.4. The van der Waals surface area contributed by atoms with Gasteiger partial charge in [-0.05, 0) is 30.5 Å². The van der Waals surface area contributed by atoms with Gasteiger partial charge in [0.05, 0.1) is 6.54 Å². The lowest BCUT2D eigenvalue weighted by molar-refractivity contribution is 0.238. The van der Waals surface area contributed by atoms with E-state index in [-0.39, 0.29) is 23.8 Å². The van der Waals surface area contributed by atoms with E-state index in [0.29, 0.717) is 19.0 Å². The molecule has 22 heavy (non-hydrogen) atoms. The monoisotopic (exact) mass is 309 g/mol. The predicted molar refractivity (Wildman–Crippen MR) is 89.7 cm³/mol. The van der Waals surface area contributed by atoms with Gasteiger partial charge in [0.2, 0.25) is 0 Å². The first-order valence-electron chi connectivity index (χ1n) is 7.78. The number of benzene rings is 1. The van der Waals surface area contributed by atoms with Gasteiger partial charge >= 0.3 is 0 Å². The topological polar surface area (TPSA) is 56.7 Å². The third-order valence-corrected chi connectivity index (χ3v) is 3.51. The summed E-state index contributed by atoms with van der Waals surface area (Å²) in [6.07, 6.45) is 0. The van der Waals surface area contributed by atoms with E-state index in [4.69, 9.17) is 5.11 Å². The lowest BCUT2D eigenvalue weighted by Crippen LogP contribution is -2.40. The summed E-state index contributed by atoms with van der Waals surface area (Å²) in [5.41, 5.74) is 0.670. The van der Waals surface area contributed by atoms with Crippen molar-refractivity contribution in [2.45, 2.75) is 33.1 Å². The van der Waals surface area contributed by atoms with Crippen molar-refractivity contribution < 1.29 is 9.50 Å². The first kappa shape index (κ1) is 18.4. The van der Waals surface area contributed by atoms with Crippen LogP contribution in [0.5, 0.6) is 0 Å². The Labute approximate surface area is 132 Å². The van der Waals surface area contributed by atoms with Crippen LogP contribution in [-0.2, 0) is 5.41 Å². The smallest absolute Gasteiger partial charge is 0.191 e. The predicted octanol–water partition coefficient (Wildman–Crippen LogP) is 2.29. The molecule has 1 aromatic carbocycles. The van der Waals surface area contributed by atoms with Crippen molar-refractivity contribution in [3.8, 4) is 0 Å². The van der Waals surface area contributed by atoms with Gasteiger partial charge in [0, 0.05) is 25.1 Å². The Morgan fingerprint density at radius 3 is 2.68 bits per heavy atom. The molecule has 0 aliphatic rings. The summed E-state index contributed by atoms with van der Waals surface area (Å²) in [4.78, 5) is 4.59. The van der Waals surface area contributed by atoms with Gasteiger partial charge in [-0.3, -0.25) is 4.99 Å². The molecule has 5 heteroatoms. The summed E-state index contributed by atoms with van der Waals surface area (Å²) in [6, 6.07) is 6.66. The SMILES string of the molecule is CCNC(=NCC(C)(C)c1cccc(F)c1)NCC(C)CO. The van der Waals surface area contributed by atoms with Crippen LogP contribution in [0, 0.1) is 11.7 Å². The number of nitrogens with zero attached hydrogens (tertiary/aromatic N) is 1. The van der Waals surface area contributed by atoms with Crippen molar-refractivity contribution in [2.75, 3.05) is 26.2 Å². The van der Waals surface area contributed by atoms with Crippen LogP contribution in [-0.4, -0.2) is 37.3 Å². The van der Waals surface area contributed by atoms with Gasteiger partial charge in [-0.1, -0.05) is 32.9 Å². The molecular formula is C17H28FN3O. The molecule has 0 spiro atoms. The lowest BCUT2D eigenvalue weighted by Gasteiger charge is -2.24. The molecule has 1 unspecified atom stereocenters. The minimum absolute atomic E-state index is 0.140. The van der Waals surface area contributed by atoms with Crippen LogP contribution in [0.2, 0.25) is 0 Å². The molecule has 1 aromatic rings. The van der Waals surface area contributed by atoms with Gasteiger partial charge in [0.25, 0.3) is 0 Å². The lowest BCUT2D eigenvalue weighted by atomic mass is 9.85. The molecule has 0 aliphatic heterocycles. The van der Waals surface area contributed by atoms with Crippen molar-refractivity contribution in [3.63, 3.8) is 0 Å². The normalized spacial score (nSPS) is 13.8. The average molecular weight is 309 g/mol. The van der Waals surface area contributed by atoms with E-state index in [1.807, 2.05) is 33.8 Å². The van der Waals surface area contributed by atoms with E-state index in [9.17, 15) is 4.39 Å². The highest BCUT2D eigenvalue weighted by molar-refractivity contribution is 5.79. The standard InChI is InChI=1S/C17H28FN3O/c1-5-19-16(20-10-13(2)11-22)21-12-17(3,4)14-7-6-8-15(18)9-14/h6-9,13,22H,5,10-12H2,1-4H3,(H2,19,20,21). The molecule has 1 rings (SSSR count). The van der Waals surface area contributed by atoms with Gasteiger partial charge in [0.1, 0.15) is 5.82 Å². The zero-order valence-corrected chi connectivity index (χ0v) is 14.0. The maximum atomic E-state index is 13.4. The summed E-state index contributed by atoms with van der Waals surface area (Å²) < 4.78 is 13.4. The highest BCUT2D eigenvalue weighted by atomic mass is 19.1. The second-order valence-electron chi connectivity index (χ2n) is 6.26. The van der Waals surface area contributed by atoms with E-state index in [1.54, 1.807) is 12.1 Å². The fourth-order valence-corrected chi connectivity index (χ4v) is 1.95. The molecule has 0 fully saturated rings. The van der Waals surface area contributed by atoms with Crippen LogP contribution in [0.1, 0.15) is 33.3 Å². The summed E-state index contributed by atoms with van der Waals surface area (Å²) >= 11 is 0. The van der Waals surface area contributed by atoms with Gasteiger partial charge in [0.15, 0.2) is 5.96 Å². The first-order valence-corrected chi connectivity index (χ1v) is 7.78. The van der Waals surface area contributed by atoms with E-state index in [0.717, 1.165) is 12.1 Å². The Balaban J connectivity index is 2.75. The fraction of sp³-hybridized carbons (Fsp3) is 0.588. The summed E-state index contributed by atoms with van der Waals surface area (Å²) in [5.74, 6) is 0.656. The molecular weight excluding hydrogens is 281 g/mol. The number of guanidine groups is 1. The van der Waals surface area contributed by atoms with Crippen LogP contribution in [0.25, 0.3) is 0 Å². The summed E-state index contributed by atoms with van der Waals surface area (Å²) in [5, 5.41) is 15.5. The molecule has 0 bridgehead atoms. The number of rotatable bonds is 7. The quantitative estimate of drug-likeness (QED) is 0.535. The van der Waals surface area contributed by atoms with Crippen molar-refractivity contribution in [1.82, 2.24) is 10.6 Å². The minimum Gasteiger partial charge on any atom is -0.396 e. The Morgan fingerprint density at radius 2 is 2.09 bits per heavy atom. The van der Waals surface area contributed by atoms with Crippen molar-refractivity contribution in [2.24, 2.45) is 10.9 Å². The summed E-state index contributed by atoms with van der Waals surface area (Å²) in [7, 11) is 0. The molecule has 3 N–H and O–H groups in total. The Hall–Kier alpha value is -1.62. The van der Waals surface area contributed by atoms with Gasteiger partial charge in [-0.25, -0.2) is 4.39 Å². The minimum atomic E-state index is -0.257. The van der Waals surface area contributed by atoms with Crippen molar-refractivity contribution in [3.05, 3.63) is 35.6 Å². The molecule has 0 aromatic heterocycles. The highest BCUT2D eigenvalue weighted by Gasteiger charge is 2.21. The zero-order valence-electron chi connectivity index (χ0n) is 14.0. The largest absolute Gasteiger partial charge is 0.396 e. The fourth-order valence-electron chi connectivity index (χ4n) is 1.95. The van der Waals surface area contributed by atoms with E-state index >= 15 is 0 Å². The zero-order chi connectivity index (χ0) is 16.6. The third-order valence-electron chi connectivity index (χ3n) is 3.51. The second kappa shape index (κ2) is 8.73. The second-order valence-corrected chi connectivity index (χ2v) is 6.26. The van der Waals surface area contributed by atoms with Crippen LogP contribution in [0.3, 0.4) is 0 Å². The Kier molecular flexibility index (Phi) is 7.32. The number of aliphatic imine (C=N–C) groups is 1. The number of hydrogen-bond donors (Lipinski definition) is 3. The molecule has 124 valence electrons. The number of aliphatic hydroxyl groups excluding tert-OH is 1. The molecule has 0 heterocycles. The molecule has 0 radical (unpaired) electrons. The number of nitrogens with one attached hydrogen (secondary N) is 2. The molecule has 1 atom stereocenters. The van der Waals surface area contributed by atoms with Crippen LogP contribution in [0.15, 0.2) is 29.3 Å². The maximum Gasteiger partial charge on any atom is 0.191 e. The van der Waals surface area contributed by atoms with Gasteiger partial charge in [-0.2, -0.15) is 0 Å². The van der Waals surface area contributed by atoms with Crippen LogP contribution < -0.4 is 10.6 Å². The molecule has 0 amide bonds. The molecule has 0 saturated carbocycles. The number of hydrogen-bond acceptors (Lipinski definition) is 2. The third kappa shape index (κ3) is 6.02. The Bertz CT molecular complexity index is 489. The highest BCUT2D eigenvalue weighted by Crippen LogP contribution is 2.24. The maximum absolute atomic E-state index is 13.4. The number of halogens is 1. The number of aliphatic hydroxyl groups is 1. The molecule has 0 saturated heterocycles. The van der Waals surface area contributed by atoms with Crippen molar-refractivity contribution in [1.29, 1.82) is 0 Å². The van der Waals surface area contributed by atoms with E-state index < -0.39 is 0 Å². The Morgan fingerprint density at radius 1 is 1.36 bits per heavy atom. The van der Waals surface area contributed by atoms with Gasteiger partial charge in [-0.15, -0.1) is 0 Å². The molecule has 4 nitrogen and oxygen atoms in total. The van der Waals surface area contributed by atoms with Crippen LogP contribution >= 0.6 is 0 Å². The van der Waals surface area contributed by atoms with E-state index in [2.05, 4.69) is 15.6 Å². The summed E-state index contributed by atoms with van der Waals surface area (Å²) in [6.45, 7) is 10.2. The van der Waals surface area contributed by atoms with Gasteiger partial charge < -0.3 is 15.7 Å².